The topological polar surface area (TPSA) is 78.8 Å². The lowest BCUT2D eigenvalue weighted by atomic mass is 10.1. The average molecular weight is 337 g/mol. The summed E-state index contributed by atoms with van der Waals surface area (Å²) >= 11 is 1.66. The third kappa shape index (κ3) is 2.94. The molecule has 4 rings (SSSR count). The second-order valence-corrected chi connectivity index (χ2v) is 6.68. The van der Waals surface area contributed by atoms with Gasteiger partial charge in [0.25, 0.3) is 0 Å². The highest BCUT2D eigenvalue weighted by molar-refractivity contribution is 7.09. The molecule has 0 saturated carbocycles. The second-order valence-electron chi connectivity index (χ2n) is 5.70. The largest absolute Gasteiger partial charge is 0.337 e. The van der Waals surface area contributed by atoms with Crippen LogP contribution in [0.2, 0.25) is 0 Å². The molecule has 1 atom stereocenters. The number of hydrogen-bond donors (Lipinski definition) is 0. The minimum Gasteiger partial charge on any atom is -0.337 e. The quantitative estimate of drug-likeness (QED) is 0.726. The maximum absolute atomic E-state index is 9.02. The molecule has 1 aliphatic rings. The summed E-state index contributed by atoms with van der Waals surface area (Å²) in [5.74, 6) is 1.17. The summed E-state index contributed by atoms with van der Waals surface area (Å²) in [4.78, 5) is 11.3. The Labute approximate surface area is 143 Å². The fourth-order valence-electron chi connectivity index (χ4n) is 3.02. The number of aromatic nitrogens is 3. The number of nitrogens with zero attached hydrogens (tertiary/aromatic N) is 5. The zero-order chi connectivity index (χ0) is 16.4. The molecule has 3 aromatic rings. The first-order valence-electron chi connectivity index (χ1n) is 7.80. The number of thiazole rings is 1. The summed E-state index contributed by atoms with van der Waals surface area (Å²) in [6, 6.07) is 9.51. The molecule has 0 N–H and O–H groups in total. The minimum absolute atomic E-state index is 0.134. The van der Waals surface area contributed by atoms with Crippen LogP contribution >= 0.6 is 11.3 Å². The fourth-order valence-corrected chi connectivity index (χ4v) is 3.66. The van der Waals surface area contributed by atoms with Gasteiger partial charge in [0.05, 0.1) is 24.2 Å². The maximum atomic E-state index is 9.02. The molecule has 120 valence electrons. The molecule has 24 heavy (non-hydrogen) atoms. The van der Waals surface area contributed by atoms with Crippen LogP contribution in [-0.2, 0) is 6.54 Å². The summed E-state index contributed by atoms with van der Waals surface area (Å²) in [7, 11) is 0. The maximum Gasteiger partial charge on any atom is 0.244 e. The zero-order valence-corrected chi connectivity index (χ0v) is 13.7. The molecule has 6 nitrogen and oxygen atoms in total. The van der Waals surface area contributed by atoms with Gasteiger partial charge in [-0.15, -0.1) is 11.3 Å². The predicted molar refractivity (Wildman–Crippen MR) is 88.9 cm³/mol. The van der Waals surface area contributed by atoms with Gasteiger partial charge >= 0.3 is 0 Å². The molecule has 1 aromatic carbocycles. The van der Waals surface area contributed by atoms with Crippen molar-refractivity contribution in [1.82, 2.24) is 20.0 Å². The average Bonchev–Trinajstić information content (AvgIpc) is 3.36. The number of rotatable bonds is 4. The molecule has 2 aromatic heterocycles. The normalized spacial score (nSPS) is 17.9. The van der Waals surface area contributed by atoms with Gasteiger partial charge in [-0.2, -0.15) is 10.2 Å². The van der Waals surface area contributed by atoms with Crippen molar-refractivity contribution in [3.63, 3.8) is 0 Å². The van der Waals surface area contributed by atoms with Crippen LogP contribution in [-0.4, -0.2) is 26.6 Å². The summed E-state index contributed by atoms with van der Waals surface area (Å²) in [6.45, 7) is 1.82. The van der Waals surface area contributed by atoms with Gasteiger partial charge < -0.3 is 4.52 Å². The van der Waals surface area contributed by atoms with Crippen molar-refractivity contribution < 1.29 is 4.52 Å². The monoisotopic (exact) mass is 337 g/mol. The van der Waals surface area contributed by atoms with Crippen molar-refractivity contribution in [3.8, 4) is 17.5 Å². The summed E-state index contributed by atoms with van der Waals surface area (Å²) < 4.78 is 5.52. The zero-order valence-electron chi connectivity index (χ0n) is 12.9. The lowest BCUT2D eigenvalue weighted by Gasteiger charge is -2.19. The SMILES string of the molecule is N#Cc1cccc(-c2noc([C@@H]3CCCN3Cc3nccs3)n2)c1. The summed E-state index contributed by atoms with van der Waals surface area (Å²) in [5.41, 5.74) is 1.39. The van der Waals surface area contributed by atoms with E-state index in [4.69, 9.17) is 9.78 Å². The van der Waals surface area contributed by atoms with Gasteiger partial charge in [0.1, 0.15) is 5.01 Å². The summed E-state index contributed by atoms with van der Waals surface area (Å²) in [5, 5.41) is 16.2. The molecular weight excluding hydrogens is 322 g/mol. The van der Waals surface area contributed by atoms with Gasteiger partial charge in [-0.05, 0) is 31.5 Å². The van der Waals surface area contributed by atoms with Gasteiger partial charge in [0, 0.05) is 17.1 Å². The molecule has 1 saturated heterocycles. The van der Waals surface area contributed by atoms with Crippen molar-refractivity contribution >= 4 is 11.3 Å². The smallest absolute Gasteiger partial charge is 0.244 e. The van der Waals surface area contributed by atoms with E-state index in [0.29, 0.717) is 17.3 Å². The van der Waals surface area contributed by atoms with E-state index in [9.17, 15) is 0 Å². The second kappa shape index (κ2) is 6.51. The highest BCUT2D eigenvalue weighted by atomic mass is 32.1. The molecule has 1 aliphatic heterocycles. The molecule has 7 heteroatoms. The predicted octanol–water partition coefficient (Wildman–Crippen LogP) is 3.40. The Kier molecular flexibility index (Phi) is 4.07. The van der Waals surface area contributed by atoms with E-state index >= 15 is 0 Å². The van der Waals surface area contributed by atoms with E-state index in [1.807, 2.05) is 23.7 Å². The number of likely N-dealkylation sites (tertiary alicyclic amines) is 1. The van der Waals surface area contributed by atoms with Gasteiger partial charge in [-0.25, -0.2) is 4.98 Å². The molecule has 0 aliphatic carbocycles. The Balaban J connectivity index is 1.56. The van der Waals surface area contributed by atoms with Crippen LogP contribution in [0.4, 0.5) is 0 Å². The lowest BCUT2D eigenvalue weighted by Crippen LogP contribution is -2.22. The van der Waals surface area contributed by atoms with Crippen molar-refractivity contribution in [2.45, 2.75) is 25.4 Å². The first kappa shape index (κ1) is 15.0. The van der Waals surface area contributed by atoms with Crippen molar-refractivity contribution in [2.24, 2.45) is 0 Å². The first-order valence-corrected chi connectivity index (χ1v) is 8.68. The Morgan fingerprint density at radius 1 is 1.42 bits per heavy atom. The molecule has 0 unspecified atom stereocenters. The van der Waals surface area contributed by atoms with E-state index < -0.39 is 0 Å². The van der Waals surface area contributed by atoms with Crippen LogP contribution in [0.3, 0.4) is 0 Å². The van der Waals surface area contributed by atoms with E-state index in [1.54, 1.807) is 23.5 Å². The molecule has 0 spiro atoms. The molecule has 0 radical (unpaired) electrons. The van der Waals surface area contributed by atoms with E-state index in [2.05, 4.69) is 26.1 Å². The molecule has 3 heterocycles. The Morgan fingerprint density at radius 2 is 2.38 bits per heavy atom. The van der Waals surface area contributed by atoms with Crippen molar-refractivity contribution in [2.75, 3.05) is 6.54 Å². The molecule has 1 fully saturated rings. The van der Waals surface area contributed by atoms with Gasteiger partial charge in [0.15, 0.2) is 0 Å². The standard InChI is InChI=1S/C17H15N5OS/c18-10-12-3-1-4-13(9-12)16-20-17(23-21-16)14-5-2-7-22(14)11-15-19-6-8-24-15/h1,3-4,6,8-9,14H,2,5,7,11H2/t14-/m0/s1. The molecule has 0 bridgehead atoms. The van der Waals surface area contributed by atoms with Crippen molar-refractivity contribution in [1.29, 1.82) is 5.26 Å². The lowest BCUT2D eigenvalue weighted by molar-refractivity contribution is 0.201. The Bertz CT molecular complexity index is 867. The van der Waals surface area contributed by atoms with Gasteiger partial charge in [-0.3, -0.25) is 4.90 Å². The van der Waals surface area contributed by atoms with E-state index in [0.717, 1.165) is 36.5 Å². The highest BCUT2D eigenvalue weighted by Gasteiger charge is 2.31. The van der Waals surface area contributed by atoms with Crippen LogP contribution in [0.1, 0.15) is 35.3 Å². The Morgan fingerprint density at radius 3 is 3.21 bits per heavy atom. The fraction of sp³-hybridized carbons (Fsp3) is 0.294. The van der Waals surface area contributed by atoms with Crippen LogP contribution < -0.4 is 0 Å². The molecule has 0 amide bonds. The third-order valence-corrected chi connectivity index (χ3v) is 4.93. The number of nitriles is 1. The minimum atomic E-state index is 0.134. The first-order chi connectivity index (χ1) is 11.8. The van der Waals surface area contributed by atoms with E-state index in [-0.39, 0.29) is 6.04 Å². The van der Waals surface area contributed by atoms with Crippen LogP contribution in [0, 0.1) is 11.3 Å². The van der Waals surface area contributed by atoms with Gasteiger partial charge in [0.2, 0.25) is 11.7 Å². The van der Waals surface area contributed by atoms with E-state index in [1.165, 1.54) is 0 Å². The summed E-state index contributed by atoms with van der Waals surface area (Å²) in [6.07, 6.45) is 3.95. The molecular formula is C17H15N5OS. The van der Waals surface area contributed by atoms with Crippen molar-refractivity contribution in [3.05, 3.63) is 52.3 Å². The number of hydrogen-bond acceptors (Lipinski definition) is 7. The Hall–Kier alpha value is -2.56. The third-order valence-electron chi connectivity index (χ3n) is 4.16. The van der Waals surface area contributed by atoms with Crippen LogP contribution in [0.5, 0.6) is 0 Å². The number of benzene rings is 1. The van der Waals surface area contributed by atoms with Gasteiger partial charge in [-0.1, -0.05) is 17.3 Å². The van der Waals surface area contributed by atoms with Crippen LogP contribution in [0.25, 0.3) is 11.4 Å². The highest BCUT2D eigenvalue weighted by Crippen LogP contribution is 2.33. The van der Waals surface area contributed by atoms with Crippen LogP contribution in [0.15, 0.2) is 40.4 Å².